The Balaban J connectivity index is 1.61. The van der Waals surface area contributed by atoms with Crippen molar-refractivity contribution in [1.82, 2.24) is 28.9 Å². The van der Waals surface area contributed by atoms with Crippen molar-refractivity contribution in [1.29, 1.82) is 0 Å². The van der Waals surface area contributed by atoms with E-state index < -0.39 is 10.0 Å². The van der Waals surface area contributed by atoms with Gasteiger partial charge in [-0.2, -0.15) is 5.10 Å². The number of nitrogens with zero attached hydrogens (tertiary/aromatic N) is 5. The number of aryl methyl sites for hydroxylation is 2. The van der Waals surface area contributed by atoms with Gasteiger partial charge in [-0.1, -0.05) is 6.07 Å². The molecule has 1 N–H and O–H groups in total. The first-order valence-electron chi connectivity index (χ1n) is 7.38. The number of rotatable bonds is 3. The van der Waals surface area contributed by atoms with E-state index in [1.54, 1.807) is 27.4 Å². The molecule has 120 valence electrons. The molecular formula is C14H16N6O2S. The fourth-order valence-corrected chi connectivity index (χ4v) is 4.27. The normalized spacial score (nSPS) is 18.2. The van der Waals surface area contributed by atoms with Crippen molar-refractivity contribution < 1.29 is 8.42 Å². The Morgan fingerprint density at radius 1 is 1.35 bits per heavy atom. The van der Waals surface area contributed by atoms with Crippen LogP contribution in [0.3, 0.4) is 0 Å². The van der Waals surface area contributed by atoms with Crippen LogP contribution >= 0.6 is 0 Å². The molecule has 1 unspecified atom stereocenters. The molecule has 0 aliphatic carbocycles. The Morgan fingerprint density at radius 2 is 2.22 bits per heavy atom. The van der Waals surface area contributed by atoms with E-state index in [1.165, 1.54) is 6.20 Å². The quantitative estimate of drug-likeness (QED) is 0.755. The standard InChI is InChI=1S/C14H16N6O2S/c1-10-16-13-6-5-11(9-20(13)17-10)18-23(21,22)14-8-15-12-4-2-3-7-19(12)14/h2-4,7-8,11,18H,5-6,9H2,1H3. The molecule has 0 radical (unpaired) electrons. The minimum atomic E-state index is -3.65. The van der Waals surface area contributed by atoms with Gasteiger partial charge in [-0.25, -0.2) is 27.8 Å². The number of aromatic nitrogens is 5. The van der Waals surface area contributed by atoms with Crippen LogP contribution in [0.2, 0.25) is 0 Å². The molecule has 0 bridgehead atoms. The van der Waals surface area contributed by atoms with Gasteiger partial charge in [0, 0.05) is 18.7 Å². The van der Waals surface area contributed by atoms with Crippen molar-refractivity contribution in [3.63, 3.8) is 0 Å². The lowest BCUT2D eigenvalue weighted by atomic mass is 10.1. The maximum absolute atomic E-state index is 12.7. The van der Waals surface area contributed by atoms with Crippen LogP contribution in [0.25, 0.3) is 5.65 Å². The molecule has 3 aromatic rings. The molecule has 0 saturated heterocycles. The van der Waals surface area contributed by atoms with Crippen LogP contribution in [0, 0.1) is 6.92 Å². The van der Waals surface area contributed by atoms with Crippen LogP contribution < -0.4 is 4.72 Å². The molecule has 4 rings (SSSR count). The summed E-state index contributed by atoms with van der Waals surface area (Å²) in [5, 5.41) is 4.44. The molecule has 4 heterocycles. The molecule has 0 saturated carbocycles. The first kappa shape index (κ1) is 14.3. The lowest BCUT2D eigenvalue weighted by Crippen LogP contribution is -2.41. The van der Waals surface area contributed by atoms with E-state index in [0.717, 1.165) is 5.82 Å². The second-order valence-electron chi connectivity index (χ2n) is 5.64. The second kappa shape index (κ2) is 5.14. The molecule has 1 atom stereocenters. The number of fused-ring (bicyclic) bond motifs is 2. The lowest BCUT2D eigenvalue weighted by molar-refractivity contribution is 0.394. The predicted octanol–water partition coefficient (Wildman–Crippen LogP) is 0.528. The highest BCUT2D eigenvalue weighted by Gasteiger charge is 2.27. The van der Waals surface area contributed by atoms with E-state index in [2.05, 4.69) is 19.8 Å². The smallest absolute Gasteiger partial charge is 0.258 e. The molecule has 9 heteroatoms. The maximum Gasteiger partial charge on any atom is 0.258 e. The second-order valence-corrected chi connectivity index (χ2v) is 7.30. The van der Waals surface area contributed by atoms with E-state index in [0.29, 0.717) is 30.9 Å². The van der Waals surface area contributed by atoms with E-state index in [9.17, 15) is 8.42 Å². The number of hydrogen-bond donors (Lipinski definition) is 1. The van der Waals surface area contributed by atoms with Gasteiger partial charge < -0.3 is 0 Å². The molecule has 0 amide bonds. The van der Waals surface area contributed by atoms with E-state index >= 15 is 0 Å². The minimum absolute atomic E-state index is 0.147. The third-order valence-electron chi connectivity index (χ3n) is 3.94. The summed E-state index contributed by atoms with van der Waals surface area (Å²) in [6.45, 7) is 2.33. The monoisotopic (exact) mass is 332 g/mol. The van der Waals surface area contributed by atoms with E-state index in [-0.39, 0.29) is 11.1 Å². The maximum atomic E-state index is 12.7. The van der Waals surface area contributed by atoms with Gasteiger partial charge in [-0.15, -0.1) is 0 Å². The summed E-state index contributed by atoms with van der Waals surface area (Å²) < 4.78 is 31.5. The number of sulfonamides is 1. The molecule has 0 aromatic carbocycles. The van der Waals surface area contributed by atoms with E-state index in [4.69, 9.17) is 0 Å². The topological polar surface area (TPSA) is 94.2 Å². The highest BCUT2D eigenvalue weighted by atomic mass is 32.2. The van der Waals surface area contributed by atoms with Gasteiger partial charge in [0.05, 0.1) is 12.7 Å². The third-order valence-corrected chi connectivity index (χ3v) is 5.44. The van der Waals surface area contributed by atoms with Crippen LogP contribution in [-0.4, -0.2) is 38.6 Å². The average molecular weight is 332 g/mol. The van der Waals surface area contributed by atoms with Gasteiger partial charge >= 0.3 is 0 Å². The summed E-state index contributed by atoms with van der Waals surface area (Å²) in [4.78, 5) is 8.47. The minimum Gasteiger partial charge on any atom is -0.289 e. The van der Waals surface area contributed by atoms with Crippen molar-refractivity contribution in [2.24, 2.45) is 0 Å². The zero-order chi connectivity index (χ0) is 16.0. The fraction of sp³-hybridized carbons (Fsp3) is 0.357. The van der Waals surface area contributed by atoms with Gasteiger partial charge in [-0.05, 0) is 25.5 Å². The highest BCUT2D eigenvalue weighted by Crippen LogP contribution is 2.17. The van der Waals surface area contributed by atoms with Gasteiger partial charge in [0.25, 0.3) is 10.0 Å². The summed E-state index contributed by atoms with van der Waals surface area (Å²) >= 11 is 0. The van der Waals surface area contributed by atoms with Crippen molar-refractivity contribution in [3.05, 3.63) is 42.2 Å². The predicted molar refractivity (Wildman–Crippen MR) is 82.4 cm³/mol. The summed E-state index contributed by atoms with van der Waals surface area (Å²) in [5.74, 6) is 1.62. The zero-order valence-corrected chi connectivity index (χ0v) is 13.4. The molecular weight excluding hydrogens is 316 g/mol. The molecule has 0 fully saturated rings. The molecule has 0 spiro atoms. The summed E-state index contributed by atoms with van der Waals surface area (Å²) in [6, 6.07) is 5.16. The van der Waals surface area contributed by atoms with Gasteiger partial charge in [-0.3, -0.25) is 4.40 Å². The number of nitrogens with one attached hydrogen (secondary N) is 1. The van der Waals surface area contributed by atoms with Crippen molar-refractivity contribution in [3.8, 4) is 0 Å². The van der Waals surface area contributed by atoms with Crippen molar-refractivity contribution in [2.45, 2.75) is 37.4 Å². The Morgan fingerprint density at radius 3 is 3.09 bits per heavy atom. The van der Waals surface area contributed by atoms with Crippen molar-refractivity contribution in [2.75, 3.05) is 0 Å². The first-order valence-corrected chi connectivity index (χ1v) is 8.86. The number of pyridine rings is 1. The average Bonchev–Trinajstić information content (AvgIpc) is 3.09. The number of hydrogen-bond acceptors (Lipinski definition) is 5. The largest absolute Gasteiger partial charge is 0.289 e. The third kappa shape index (κ3) is 2.51. The number of imidazole rings is 1. The first-order chi connectivity index (χ1) is 11.0. The fourth-order valence-electron chi connectivity index (χ4n) is 2.92. The van der Waals surface area contributed by atoms with E-state index in [1.807, 2.05) is 13.0 Å². The SMILES string of the molecule is Cc1nc2n(n1)CC(NS(=O)(=O)c1cnc3ccccn13)CC2. The Bertz CT molecular complexity index is 974. The van der Waals surface area contributed by atoms with Crippen LogP contribution in [-0.2, 0) is 23.0 Å². The summed E-state index contributed by atoms with van der Waals surface area (Å²) in [5.41, 5.74) is 0.603. The van der Waals surface area contributed by atoms with Gasteiger partial charge in [0.2, 0.25) is 0 Å². The Hall–Kier alpha value is -2.26. The molecule has 23 heavy (non-hydrogen) atoms. The zero-order valence-electron chi connectivity index (χ0n) is 12.5. The van der Waals surface area contributed by atoms with Gasteiger partial charge in [0.1, 0.15) is 17.3 Å². The Labute approximate surface area is 133 Å². The van der Waals surface area contributed by atoms with Crippen LogP contribution in [0.4, 0.5) is 0 Å². The molecule has 1 aliphatic rings. The van der Waals surface area contributed by atoms with Crippen LogP contribution in [0.15, 0.2) is 35.6 Å². The Kier molecular flexibility index (Phi) is 3.20. The lowest BCUT2D eigenvalue weighted by Gasteiger charge is -2.23. The molecule has 8 nitrogen and oxygen atoms in total. The van der Waals surface area contributed by atoms with Crippen LogP contribution in [0.5, 0.6) is 0 Å². The van der Waals surface area contributed by atoms with Crippen molar-refractivity contribution >= 4 is 15.7 Å². The highest BCUT2D eigenvalue weighted by molar-refractivity contribution is 7.89. The summed E-state index contributed by atoms with van der Waals surface area (Å²) in [6.07, 6.45) is 4.48. The summed E-state index contributed by atoms with van der Waals surface area (Å²) in [7, 11) is -3.65. The van der Waals surface area contributed by atoms with Crippen LogP contribution in [0.1, 0.15) is 18.1 Å². The molecule has 1 aliphatic heterocycles. The molecule has 3 aromatic heterocycles. The van der Waals surface area contributed by atoms with Gasteiger partial charge in [0.15, 0.2) is 5.03 Å².